The lowest BCUT2D eigenvalue weighted by Crippen LogP contribution is -2.31. The smallest absolute Gasteiger partial charge is 0.231 e. The van der Waals surface area contributed by atoms with Gasteiger partial charge in [0.2, 0.25) is 5.91 Å². The van der Waals surface area contributed by atoms with Gasteiger partial charge in [-0.1, -0.05) is 6.58 Å². The molecule has 0 fully saturated rings. The van der Waals surface area contributed by atoms with Crippen molar-refractivity contribution in [2.75, 3.05) is 11.4 Å². The molecule has 0 unspecified atom stereocenters. The molecule has 1 aromatic carbocycles. The molecule has 3 heteroatoms. The van der Waals surface area contributed by atoms with Gasteiger partial charge in [0.25, 0.3) is 0 Å². The molecule has 3 nitrogen and oxygen atoms in total. The molecule has 1 amide bonds. The number of ketones is 1. The molecule has 1 aromatic rings. The van der Waals surface area contributed by atoms with Crippen LogP contribution in [0.25, 0.3) is 0 Å². The van der Waals surface area contributed by atoms with E-state index in [1.54, 1.807) is 0 Å². The van der Waals surface area contributed by atoms with Crippen LogP contribution in [-0.4, -0.2) is 18.2 Å². The summed E-state index contributed by atoms with van der Waals surface area (Å²) < 4.78 is 0. The number of hydrogen-bond donors (Lipinski definition) is 0. The molecule has 0 N–H and O–H groups in total. The van der Waals surface area contributed by atoms with Crippen molar-refractivity contribution in [2.45, 2.75) is 19.3 Å². The average molecular weight is 227 g/mol. The van der Waals surface area contributed by atoms with Crippen LogP contribution in [0.15, 0.2) is 24.8 Å². The first-order valence-electron chi connectivity index (χ1n) is 5.83. The Balaban J connectivity index is 2.18. The Morgan fingerprint density at radius 2 is 2.12 bits per heavy atom. The zero-order valence-electron chi connectivity index (χ0n) is 9.53. The van der Waals surface area contributed by atoms with Crippen LogP contribution in [-0.2, 0) is 17.6 Å². The summed E-state index contributed by atoms with van der Waals surface area (Å²) in [5.74, 6) is 0.0877. The first-order chi connectivity index (χ1) is 8.20. The van der Waals surface area contributed by atoms with Crippen molar-refractivity contribution in [3.05, 3.63) is 41.5 Å². The molecule has 86 valence electrons. The monoisotopic (exact) mass is 227 g/mol. The van der Waals surface area contributed by atoms with Crippen molar-refractivity contribution in [3.63, 3.8) is 0 Å². The highest BCUT2D eigenvalue weighted by molar-refractivity contribution is 6.08. The maximum atomic E-state index is 11.8. The van der Waals surface area contributed by atoms with Crippen LogP contribution < -0.4 is 4.90 Å². The van der Waals surface area contributed by atoms with Crippen molar-refractivity contribution in [2.24, 2.45) is 0 Å². The predicted molar refractivity (Wildman–Crippen MR) is 65.3 cm³/mol. The molecule has 2 aliphatic heterocycles. The van der Waals surface area contributed by atoms with Gasteiger partial charge >= 0.3 is 0 Å². The van der Waals surface area contributed by atoms with Gasteiger partial charge in [0.1, 0.15) is 0 Å². The van der Waals surface area contributed by atoms with Gasteiger partial charge in [-0.25, -0.2) is 0 Å². The van der Waals surface area contributed by atoms with Crippen molar-refractivity contribution < 1.29 is 9.59 Å². The van der Waals surface area contributed by atoms with E-state index in [2.05, 4.69) is 6.58 Å². The summed E-state index contributed by atoms with van der Waals surface area (Å²) in [5.41, 5.74) is 3.84. The lowest BCUT2D eigenvalue weighted by Gasteiger charge is -2.25. The number of benzene rings is 1. The number of amides is 1. The van der Waals surface area contributed by atoms with E-state index in [0.717, 1.165) is 36.2 Å². The molecule has 2 heterocycles. The van der Waals surface area contributed by atoms with Gasteiger partial charge in [-0.2, -0.15) is 0 Å². The van der Waals surface area contributed by atoms with Crippen molar-refractivity contribution in [1.29, 1.82) is 0 Å². The molecular weight excluding hydrogens is 214 g/mol. The minimum absolute atomic E-state index is 0.0690. The molecule has 0 atom stereocenters. The summed E-state index contributed by atoms with van der Waals surface area (Å²) in [6.45, 7) is 4.32. The van der Waals surface area contributed by atoms with E-state index < -0.39 is 0 Å². The highest BCUT2D eigenvalue weighted by Gasteiger charge is 2.32. The Bertz CT molecular complexity index is 545. The molecule has 17 heavy (non-hydrogen) atoms. The van der Waals surface area contributed by atoms with E-state index in [1.165, 1.54) is 6.08 Å². The van der Waals surface area contributed by atoms with E-state index in [-0.39, 0.29) is 11.7 Å². The minimum atomic E-state index is -0.0690. The highest BCUT2D eigenvalue weighted by Crippen LogP contribution is 2.37. The fourth-order valence-electron chi connectivity index (χ4n) is 2.74. The van der Waals surface area contributed by atoms with Gasteiger partial charge in [0.15, 0.2) is 5.78 Å². The molecule has 0 aromatic heterocycles. The Labute approximate surface area is 99.7 Å². The second-order valence-corrected chi connectivity index (χ2v) is 4.54. The molecule has 0 aliphatic carbocycles. The number of carbonyl (C=O) groups excluding carboxylic acids is 2. The van der Waals surface area contributed by atoms with Crippen molar-refractivity contribution in [3.8, 4) is 0 Å². The Morgan fingerprint density at radius 3 is 2.88 bits per heavy atom. The summed E-state index contributed by atoms with van der Waals surface area (Å²) in [5, 5.41) is 0. The maximum Gasteiger partial charge on any atom is 0.231 e. The summed E-state index contributed by atoms with van der Waals surface area (Å²) in [7, 11) is 0. The third-order valence-corrected chi connectivity index (χ3v) is 3.48. The molecule has 2 aliphatic rings. The number of nitrogens with zero attached hydrogens (tertiary/aromatic N) is 1. The SMILES string of the molecule is C=CC(=O)c1cc2c3c(c1)CC(=O)N3CCC2. The van der Waals surface area contributed by atoms with Gasteiger partial charge < -0.3 is 4.90 Å². The third kappa shape index (κ3) is 1.42. The fraction of sp³-hybridized carbons (Fsp3) is 0.286. The van der Waals surface area contributed by atoms with E-state index in [9.17, 15) is 9.59 Å². The normalized spacial score (nSPS) is 16.9. The highest BCUT2D eigenvalue weighted by atomic mass is 16.2. The van der Waals surface area contributed by atoms with E-state index >= 15 is 0 Å². The zero-order chi connectivity index (χ0) is 12.0. The van der Waals surface area contributed by atoms with Crippen molar-refractivity contribution >= 4 is 17.4 Å². The van der Waals surface area contributed by atoms with Crippen LogP contribution in [0.2, 0.25) is 0 Å². The molecule has 0 spiro atoms. The topological polar surface area (TPSA) is 37.4 Å². The number of rotatable bonds is 2. The fourth-order valence-corrected chi connectivity index (χ4v) is 2.74. The van der Waals surface area contributed by atoms with Gasteiger partial charge in [-0.05, 0) is 42.2 Å². The number of carbonyl (C=O) groups is 2. The van der Waals surface area contributed by atoms with Crippen LogP contribution >= 0.6 is 0 Å². The van der Waals surface area contributed by atoms with Crippen LogP contribution in [0.5, 0.6) is 0 Å². The Kier molecular flexibility index (Phi) is 2.15. The number of anilines is 1. The average Bonchev–Trinajstić information content (AvgIpc) is 2.67. The van der Waals surface area contributed by atoms with Crippen LogP contribution in [0.3, 0.4) is 0 Å². The lowest BCUT2D eigenvalue weighted by molar-refractivity contribution is -0.117. The molecule has 0 saturated carbocycles. The second kappa shape index (κ2) is 3.55. The summed E-state index contributed by atoms with van der Waals surface area (Å²) >= 11 is 0. The van der Waals surface area contributed by atoms with Gasteiger partial charge in [-0.3, -0.25) is 9.59 Å². The standard InChI is InChI=1S/C14H13NO2/c1-2-12(16)10-6-9-4-3-5-15-13(17)8-11(7-10)14(9)15/h2,6-7H,1,3-5,8H2. The first kappa shape index (κ1) is 10.3. The number of aryl methyl sites for hydroxylation is 1. The Hall–Kier alpha value is -1.90. The predicted octanol–water partition coefficient (Wildman–Crippen LogP) is 1.89. The molecule has 0 radical (unpaired) electrons. The Morgan fingerprint density at radius 1 is 1.35 bits per heavy atom. The molecular formula is C14H13NO2. The van der Waals surface area contributed by atoms with Gasteiger partial charge in [-0.15, -0.1) is 0 Å². The molecule has 0 bridgehead atoms. The lowest BCUT2D eigenvalue weighted by atomic mass is 9.95. The van der Waals surface area contributed by atoms with E-state index in [0.29, 0.717) is 12.0 Å². The van der Waals surface area contributed by atoms with E-state index in [1.807, 2.05) is 17.0 Å². The minimum Gasteiger partial charge on any atom is -0.312 e. The van der Waals surface area contributed by atoms with Crippen molar-refractivity contribution in [1.82, 2.24) is 0 Å². The molecule has 0 saturated heterocycles. The summed E-state index contributed by atoms with van der Waals surface area (Å²) in [6.07, 6.45) is 3.68. The molecule has 3 rings (SSSR count). The van der Waals surface area contributed by atoms with E-state index in [4.69, 9.17) is 0 Å². The number of hydrogen-bond acceptors (Lipinski definition) is 2. The third-order valence-electron chi connectivity index (χ3n) is 3.48. The van der Waals surface area contributed by atoms with Gasteiger partial charge in [0.05, 0.1) is 12.1 Å². The summed E-state index contributed by atoms with van der Waals surface area (Å²) in [6, 6.07) is 3.75. The number of allylic oxidation sites excluding steroid dienone is 1. The van der Waals surface area contributed by atoms with Crippen LogP contribution in [0, 0.1) is 0 Å². The van der Waals surface area contributed by atoms with Crippen LogP contribution in [0.4, 0.5) is 5.69 Å². The van der Waals surface area contributed by atoms with Gasteiger partial charge in [0, 0.05) is 12.1 Å². The zero-order valence-corrected chi connectivity index (χ0v) is 9.53. The first-order valence-corrected chi connectivity index (χ1v) is 5.83. The second-order valence-electron chi connectivity index (χ2n) is 4.54. The maximum absolute atomic E-state index is 11.8. The largest absolute Gasteiger partial charge is 0.312 e. The quantitative estimate of drug-likeness (QED) is 0.571. The summed E-state index contributed by atoms with van der Waals surface area (Å²) in [4.78, 5) is 25.3. The van der Waals surface area contributed by atoms with Crippen LogP contribution in [0.1, 0.15) is 27.9 Å².